The molecule has 1 aromatic rings. The van der Waals surface area contributed by atoms with E-state index in [0.717, 1.165) is 0 Å². The summed E-state index contributed by atoms with van der Waals surface area (Å²) in [7, 11) is 1.23. The van der Waals surface area contributed by atoms with Crippen LogP contribution in [0, 0.1) is 0 Å². The van der Waals surface area contributed by atoms with Gasteiger partial charge in [-0.3, -0.25) is 0 Å². The molecule has 7 heteroatoms. The molecule has 0 aliphatic carbocycles. The SMILES string of the molecule is COC(=O)c1ncc(C(O)C(O)CBr)cn1. The molecule has 0 saturated heterocycles. The van der Waals surface area contributed by atoms with Crippen molar-refractivity contribution >= 4 is 21.9 Å². The molecule has 0 saturated carbocycles. The highest BCUT2D eigenvalue weighted by Gasteiger charge is 2.18. The molecular weight excluding hydrogens is 280 g/mol. The van der Waals surface area contributed by atoms with Crippen LogP contribution in [0.15, 0.2) is 12.4 Å². The number of hydrogen-bond donors (Lipinski definition) is 2. The van der Waals surface area contributed by atoms with E-state index in [0.29, 0.717) is 5.56 Å². The summed E-state index contributed by atoms with van der Waals surface area (Å²) < 4.78 is 4.42. The van der Waals surface area contributed by atoms with Crippen LogP contribution < -0.4 is 0 Å². The van der Waals surface area contributed by atoms with Gasteiger partial charge in [0.1, 0.15) is 6.10 Å². The van der Waals surface area contributed by atoms with Crippen molar-refractivity contribution in [1.29, 1.82) is 0 Å². The number of esters is 1. The highest BCUT2D eigenvalue weighted by molar-refractivity contribution is 9.09. The van der Waals surface area contributed by atoms with E-state index in [-0.39, 0.29) is 11.2 Å². The Morgan fingerprint density at radius 3 is 2.50 bits per heavy atom. The van der Waals surface area contributed by atoms with Crippen molar-refractivity contribution in [2.75, 3.05) is 12.4 Å². The molecule has 1 rings (SSSR count). The van der Waals surface area contributed by atoms with Crippen LogP contribution in [0.1, 0.15) is 22.3 Å². The average molecular weight is 291 g/mol. The lowest BCUT2D eigenvalue weighted by molar-refractivity contribution is 0.0337. The van der Waals surface area contributed by atoms with Gasteiger partial charge in [-0.15, -0.1) is 0 Å². The van der Waals surface area contributed by atoms with Crippen molar-refractivity contribution in [2.24, 2.45) is 0 Å². The minimum Gasteiger partial charge on any atom is -0.463 e. The first kappa shape index (κ1) is 13.0. The fourth-order valence-corrected chi connectivity index (χ4v) is 1.35. The Balaban J connectivity index is 2.82. The lowest BCUT2D eigenvalue weighted by Gasteiger charge is -2.14. The van der Waals surface area contributed by atoms with E-state index in [4.69, 9.17) is 0 Å². The number of halogens is 1. The number of aromatic nitrogens is 2. The number of carbonyl (C=O) groups excluding carboxylic acids is 1. The number of methoxy groups -OCH3 is 1. The maximum absolute atomic E-state index is 11.0. The lowest BCUT2D eigenvalue weighted by atomic mass is 10.1. The van der Waals surface area contributed by atoms with E-state index in [2.05, 4.69) is 30.6 Å². The molecule has 0 radical (unpaired) electrons. The average Bonchev–Trinajstić information content (AvgIpc) is 2.36. The summed E-state index contributed by atoms with van der Waals surface area (Å²) in [4.78, 5) is 18.4. The third kappa shape index (κ3) is 2.97. The van der Waals surface area contributed by atoms with E-state index in [1.54, 1.807) is 0 Å². The zero-order valence-electron chi connectivity index (χ0n) is 8.50. The van der Waals surface area contributed by atoms with Crippen LogP contribution in [0.3, 0.4) is 0 Å². The minimum atomic E-state index is -1.09. The molecule has 16 heavy (non-hydrogen) atoms. The molecule has 0 bridgehead atoms. The molecule has 0 aliphatic rings. The molecule has 1 aromatic heterocycles. The lowest BCUT2D eigenvalue weighted by Crippen LogP contribution is -2.20. The number of ether oxygens (including phenoxy) is 1. The fraction of sp³-hybridized carbons (Fsp3) is 0.444. The quantitative estimate of drug-likeness (QED) is 0.601. The Bertz CT molecular complexity index is 357. The third-order valence-corrected chi connectivity index (χ3v) is 2.57. The molecule has 0 amide bonds. The van der Waals surface area contributed by atoms with Gasteiger partial charge in [0.25, 0.3) is 0 Å². The van der Waals surface area contributed by atoms with Crippen molar-refractivity contribution in [1.82, 2.24) is 9.97 Å². The van der Waals surface area contributed by atoms with Crippen molar-refractivity contribution in [3.63, 3.8) is 0 Å². The van der Waals surface area contributed by atoms with Crippen molar-refractivity contribution in [3.05, 3.63) is 23.8 Å². The largest absolute Gasteiger partial charge is 0.463 e. The molecule has 6 nitrogen and oxygen atoms in total. The van der Waals surface area contributed by atoms with Gasteiger partial charge in [0.05, 0.1) is 13.2 Å². The maximum Gasteiger partial charge on any atom is 0.376 e. The Morgan fingerprint density at radius 1 is 1.50 bits per heavy atom. The number of aliphatic hydroxyl groups excluding tert-OH is 2. The van der Waals surface area contributed by atoms with Crippen molar-refractivity contribution < 1.29 is 19.7 Å². The highest BCUT2D eigenvalue weighted by Crippen LogP contribution is 2.16. The second-order valence-electron chi connectivity index (χ2n) is 3.00. The normalized spacial score (nSPS) is 14.2. The van der Waals surface area contributed by atoms with Crippen LogP contribution >= 0.6 is 15.9 Å². The monoisotopic (exact) mass is 290 g/mol. The molecule has 0 aliphatic heterocycles. The summed E-state index contributed by atoms with van der Waals surface area (Å²) in [5, 5.41) is 19.2. The summed E-state index contributed by atoms with van der Waals surface area (Å²) in [6.07, 6.45) is 0.504. The van der Waals surface area contributed by atoms with Gasteiger partial charge in [0, 0.05) is 23.3 Å². The zero-order valence-corrected chi connectivity index (χ0v) is 10.1. The molecule has 88 valence electrons. The first-order chi connectivity index (χ1) is 7.60. The van der Waals surface area contributed by atoms with Crippen molar-refractivity contribution in [2.45, 2.75) is 12.2 Å². The highest BCUT2D eigenvalue weighted by atomic mass is 79.9. The van der Waals surface area contributed by atoms with Gasteiger partial charge in [-0.1, -0.05) is 15.9 Å². The Labute approximate surface area is 100 Å². The fourth-order valence-electron chi connectivity index (χ4n) is 0.994. The first-order valence-electron chi connectivity index (χ1n) is 4.42. The molecule has 2 N–H and O–H groups in total. The van der Waals surface area contributed by atoms with Gasteiger partial charge in [0.15, 0.2) is 0 Å². The summed E-state index contributed by atoms with van der Waals surface area (Å²) in [6.45, 7) is 0. The molecular formula is C9H11BrN2O4. The number of aliphatic hydroxyl groups is 2. The van der Waals surface area contributed by atoms with E-state index in [1.165, 1.54) is 19.5 Å². The standard InChI is InChI=1S/C9H11BrN2O4/c1-16-9(15)8-11-3-5(4-12-8)7(14)6(13)2-10/h3-4,6-7,13-14H,2H2,1H3. The van der Waals surface area contributed by atoms with E-state index in [1.807, 2.05) is 0 Å². The van der Waals surface area contributed by atoms with Crippen LogP contribution in [0.25, 0.3) is 0 Å². The number of carbonyl (C=O) groups is 1. The molecule has 0 aromatic carbocycles. The molecule has 0 fully saturated rings. The molecule has 0 spiro atoms. The number of hydrogen-bond acceptors (Lipinski definition) is 6. The minimum absolute atomic E-state index is 0.0909. The van der Waals surface area contributed by atoms with Crippen LogP contribution in [0.4, 0.5) is 0 Å². The van der Waals surface area contributed by atoms with E-state index in [9.17, 15) is 15.0 Å². The topological polar surface area (TPSA) is 92.5 Å². The smallest absolute Gasteiger partial charge is 0.376 e. The summed E-state index contributed by atoms with van der Waals surface area (Å²) in [6, 6.07) is 0. The molecule has 1 heterocycles. The van der Waals surface area contributed by atoms with E-state index < -0.39 is 18.2 Å². The number of nitrogens with zero attached hydrogens (tertiary/aromatic N) is 2. The Morgan fingerprint density at radius 2 is 2.06 bits per heavy atom. The predicted molar refractivity (Wildman–Crippen MR) is 58.1 cm³/mol. The van der Waals surface area contributed by atoms with Crippen LogP contribution in [0.5, 0.6) is 0 Å². The number of alkyl halides is 1. The van der Waals surface area contributed by atoms with Crippen LogP contribution in [-0.4, -0.2) is 44.7 Å². The Kier molecular flexibility index (Phi) is 4.78. The van der Waals surface area contributed by atoms with Gasteiger partial charge < -0.3 is 14.9 Å². The van der Waals surface area contributed by atoms with Gasteiger partial charge >= 0.3 is 5.97 Å². The second-order valence-corrected chi connectivity index (χ2v) is 3.65. The van der Waals surface area contributed by atoms with E-state index >= 15 is 0 Å². The van der Waals surface area contributed by atoms with Gasteiger partial charge in [-0.25, -0.2) is 14.8 Å². The summed E-state index contributed by atoms with van der Waals surface area (Å²) in [5.74, 6) is -0.742. The second kappa shape index (κ2) is 5.88. The van der Waals surface area contributed by atoms with Crippen molar-refractivity contribution in [3.8, 4) is 0 Å². The number of rotatable bonds is 4. The van der Waals surface area contributed by atoms with Gasteiger partial charge in [0.2, 0.25) is 5.82 Å². The van der Waals surface area contributed by atoms with Crippen LogP contribution in [0.2, 0.25) is 0 Å². The zero-order chi connectivity index (χ0) is 12.1. The third-order valence-electron chi connectivity index (χ3n) is 1.90. The Hall–Kier alpha value is -1.05. The molecule has 2 atom stereocenters. The first-order valence-corrected chi connectivity index (χ1v) is 5.54. The maximum atomic E-state index is 11.0. The van der Waals surface area contributed by atoms with Gasteiger partial charge in [-0.05, 0) is 0 Å². The predicted octanol–water partition coefficient (Wildman–Crippen LogP) is 0.0524. The summed E-state index contributed by atoms with van der Waals surface area (Å²) >= 11 is 3.04. The van der Waals surface area contributed by atoms with Gasteiger partial charge in [-0.2, -0.15) is 0 Å². The van der Waals surface area contributed by atoms with Crippen LogP contribution in [-0.2, 0) is 4.74 Å². The molecule has 2 unspecified atom stereocenters. The summed E-state index contributed by atoms with van der Waals surface area (Å²) in [5.41, 5.74) is 0.333.